The summed E-state index contributed by atoms with van der Waals surface area (Å²) in [6.45, 7) is 2.48. The third-order valence-electron chi connectivity index (χ3n) is 5.95. The average molecular weight is 495 g/mol. The number of aromatic nitrogens is 2. The first-order chi connectivity index (χ1) is 16.6. The van der Waals surface area contributed by atoms with E-state index in [-0.39, 0.29) is 4.90 Å². The van der Waals surface area contributed by atoms with Crippen molar-refractivity contribution in [3.05, 3.63) is 83.9 Å². The summed E-state index contributed by atoms with van der Waals surface area (Å²) >= 11 is 1.49. The number of para-hydroxylation sites is 2. The molecule has 0 bridgehead atoms. The fourth-order valence-corrected chi connectivity index (χ4v) is 6.59. The van der Waals surface area contributed by atoms with Crippen molar-refractivity contribution >= 4 is 27.0 Å². The second kappa shape index (κ2) is 9.61. The number of hydrogen-bond donors (Lipinski definition) is 0. The van der Waals surface area contributed by atoms with Crippen molar-refractivity contribution < 1.29 is 13.2 Å². The highest BCUT2D eigenvalue weighted by atomic mass is 32.2. The largest absolute Gasteiger partial charge is 0.495 e. The normalized spacial score (nSPS) is 14.9. The van der Waals surface area contributed by atoms with Crippen molar-refractivity contribution in [1.82, 2.24) is 14.1 Å². The molecule has 2 aromatic carbocycles. The molecule has 1 aliphatic rings. The fraction of sp³-hybridized carbons (Fsp3) is 0.240. The predicted molar refractivity (Wildman–Crippen MR) is 135 cm³/mol. The van der Waals surface area contributed by atoms with Crippen LogP contribution in [0.2, 0.25) is 0 Å². The summed E-state index contributed by atoms with van der Waals surface area (Å²) in [6.07, 6.45) is 1.67. The van der Waals surface area contributed by atoms with Gasteiger partial charge in [-0.1, -0.05) is 48.5 Å². The van der Waals surface area contributed by atoms with E-state index in [4.69, 9.17) is 4.74 Å². The number of ether oxygens (including phenoxy) is 1. The predicted octanol–water partition coefficient (Wildman–Crippen LogP) is 4.18. The van der Waals surface area contributed by atoms with Crippen LogP contribution in [-0.4, -0.2) is 55.8 Å². The Kier molecular flexibility index (Phi) is 6.40. The lowest BCUT2D eigenvalue weighted by Crippen LogP contribution is -2.48. The highest BCUT2D eigenvalue weighted by Gasteiger charge is 2.33. The van der Waals surface area contributed by atoms with Crippen LogP contribution in [-0.2, 0) is 16.6 Å². The van der Waals surface area contributed by atoms with Crippen LogP contribution in [0.25, 0.3) is 10.6 Å². The molecular weight excluding hydrogens is 468 g/mol. The number of hydrogen-bond acceptors (Lipinski definition) is 6. The average Bonchev–Trinajstić information content (AvgIpc) is 3.55. The lowest BCUT2D eigenvalue weighted by Gasteiger charge is -2.35. The first kappa shape index (κ1) is 22.6. The Morgan fingerprint density at radius 3 is 2.38 bits per heavy atom. The van der Waals surface area contributed by atoms with E-state index in [1.807, 2.05) is 72.1 Å². The summed E-state index contributed by atoms with van der Waals surface area (Å²) in [7, 11) is -2.06. The molecule has 0 radical (unpaired) electrons. The Balaban J connectivity index is 1.41. The van der Waals surface area contributed by atoms with Gasteiger partial charge >= 0.3 is 0 Å². The lowest BCUT2D eigenvalue weighted by atomic mass is 10.2. The highest BCUT2D eigenvalue weighted by Crippen LogP contribution is 2.33. The van der Waals surface area contributed by atoms with E-state index in [0.29, 0.717) is 38.4 Å². The van der Waals surface area contributed by atoms with Gasteiger partial charge in [-0.25, -0.2) is 8.42 Å². The van der Waals surface area contributed by atoms with E-state index in [9.17, 15) is 8.42 Å². The Morgan fingerprint density at radius 1 is 0.941 bits per heavy atom. The molecule has 0 atom stereocenters. The van der Waals surface area contributed by atoms with Gasteiger partial charge in [0.05, 0.1) is 24.2 Å². The third-order valence-corrected chi connectivity index (χ3v) is 8.73. The summed E-state index contributed by atoms with van der Waals surface area (Å²) in [5, 5.41) is 6.63. The van der Waals surface area contributed by atoms with Gasteiger partial charge in [-0.05, 0) is 29.1 Å². The molecule has 4 aromatic rings. The van der Waals surface area contributed by atoms with Crippen LogP contribution in [0.5, 0.6) is 5.75 Å². The van der Waals surface area contributed by atoms with Gasteiger partial charge in [-0.2, -0.15) is 9.40 Å². The van der Waals surface area contributed by atoms with Crippen molar-refractivity contribution in [1.29, 1.82) is 0 Å². The van der Waals surface area contributed by atoms with E-state index in [1.165, 1.54) is 11.3 Å². The van der Waals surface area contributed by atoms with Gasteiger partial charge in [-0.15, -0.1) is 11.3 Å². The Labute approximate surface area is 203 Å². The maximum atomic E-state index is 13.8. The topological polar surface area (TPSA) is 67.7 Å². The molecule has 5 rings (SSSR count). The van der Waals surface area contributed by atoms with Crippen molar-refractivity contribution in [3.8, 4) is 16.3 Å². The molecular formula is C25H26N4O3S2. The maximum Gasteiger partial charge on any atom is 0.246 e. The summed E-state index contributed by atoms with van der Waals surface area (Å²) in [4.78, 5) is 3.28. The zero-order valence-corrected chi connectivity index (χ0v) is 20.5. The van der Waals surface area contributed by atoms with Crippen LogP contribution in [0.3, 0.4) is 0 Å². The summed E-state index contributed by atoms with van der Waals surface area (Å²) in [6, 6.07) is 21.6. The second-order valence-electron chi connectivity index (χ2n) is 8.07. The van der Waals surface area contributed by atoms with Crippen molar-refractivity contribution in [3.63, 3.8) is 0 Å². The molecule has 1 fully saturated rings. The molecule has 176 valence electrons. The molecule has 1 saturated heterocycles. The molecule has 0 saturated carbocycles. The number of rotatable bonds is 7. The van der Waals surface area contributed by atoms with Crippen molar-refractivity contribution in [2.45, 2.75) is 11.4 Å². The zero-order chi connectivity index (χ0) is 23.5. The van der Waals surface area contributed by atoms with Crippen LogP contribution in [0.4, 0.5) is 5.69 Å². The molecule has 0 aliphatic carbocycles. The van der Waals surface area contributed by atoms with Crippen LogP contribution >= 0.6 is 11.3 Å². The SMILES string of the molecule is COc1ccccc1N1CCN(S(=O)(=O)c2cn(Cc3ccccc3)nc2-c2cccs2)CC1. The Bertz CT molecular complexity index is 1340. The number of piperazine rings is 1. The summed E-state index contributed by atoms with van der Waals surface area (Å²) in [5.74, 6) is 0.793. The van der Waals surface area contributed by atoms with Crippen LogP contribution in [0.1, 0.15) is 5.56 Å². The summed E-state index contributed by atoms with van der Waals surface area (Å²) in [5.41, 5.74) is 2.56. The molecule has 2 aromatic heterocycles. The molecule has 0 amide bonds. The minimum Gasteiger partial charge on any atom is -0.495 e. The van der Waals surface area contributed by atoms with Gasteiger partial charge < -0.3 is 9.64 Å². The molecule has 9 heteroatoms. The van der Waals surface area contributed by atoms with Crippen LogP contribution < -0.4 is 9.64 Å². The van der Waals surface area contributed by atoms with Gasteiger partial charge in [0.15, 0.2) is 0 Å². The van der Waals surface area contributed by atoms with Gasteiger partial charge in [0, 0.05) is 32.4 Å². The number of benzene rings is 2. The molecule has 34 heavy (non-hydrogen) atoms. The standard InChI is InChI=1S/C25H26N4O3S2/c1-32-22-11-6-5-10-21(22)27-13-15-29(16-14-27)34(30,31)24-19-28(18-20-8-3-2-4-9-20)26-25(24)23-12-7-17-33-23/h2-12,17,19H,13-16,18H2,1H3. The summed E-state index contributed by atoms with van der Waals surface area (Å²) < 4.78 is 36.3. The smallest absolute Gasteiger partial charge is 0.246 e. The molecule has 0 unspecified atom stereocenters. The van der Waals surface area contributed by atoms with Gasteiger partial charge in [0.1, 0.15) is 16.3 Å². The fourth-order valence-electron chi connectivity index (χ4n) is 4.23. The van der Waals surface area contributed by atoms with Crippen LogP contribution in [0.15, 0.2) is 83.2 Å². The number of methoxy groups -OCH3 is 1. The molecule has 0 spiro atoms. The first-order valence-electron chi connectivity index (χ1n) is 11.1. The van der Waals surface area contributed by atoms with Crippen molar-refractivity contribution in [2.75, 3.05) is 38.2 Å². The van der Waals surface area contributed by atoms with E-state index in [2.05, 4.69) is 10.00 Å². The number of sulfonamides is 1. The van der Waals surface area contributed by atoms with Crippen molar-refractivity contribution in [2.24, 2.45) is 0 Å². The second-order valence-corrected chi connectivity index (χ2v) is 10.9. The van der Waals surface area contributed by atoms with E-state index < -0.39 is 10.0 Å². The monoisotopic (exact) mass is 494 g/mol. The Hall–Kier alpha value is -3.14. The van der Waals surface area contributed by atoms with Gasteiger partial charge in [0.2, 0.25) is 10.0 Å². The number of thiophene rings is 1. The minimum atomic E-state index is -3.71. The van der Waals surface area contributed by atoms with Gasteiger partial charge in [-0.3, -0.25) is 4.68 Å². The quantitative estimate of drug-likeness (QED) is 0.386. The highest BCUT2D eigenvalue weighted by molar-refractivity contribution is 7.89. The van der Waals surface area contributed by atoms with Gasteiger partial charge in [0.25, 0.3) is 0 Å². The molecule has 0 N–H and O–H groups in total. The van der Waals surface area contributed by atoms with E-state index in [1.54, 1.807) is 22.3 Å². The number of anilines is 1. The minimum absolute atomic E-state index is 0.261. The maximum absolute atomic E-state index is 13.8. The zero-order valence-electron chi connectivity index (χ0n) is 18.9. The Morgan fingerprint density at radius 2 is 1.68 bits per heavy atom. The molecule has 1 aliphatic heterocycles. The third kappa shape index (κ3) is 4.46. The molecule has 7 nitrogen and oxygen atoms in total. The van der Waals surface area contributed by atoms with Crippen LogP contribution in [0, 0.1) is 0 Å². The molecule has 3 heterocycles. The van der Waals surface area contributed by atoms with E-state index >= 15 is 0 Å². The first-order valence-corrected chi connectivity index (χ1v) is 13.4. The number of nitrogens with zero attached hydrogens (tertiary/aromatic N) is 4. The van der Waals surface area contributed by atoms with E-state index in [0.717, 1.165) is 21.9 Å². The lowest BCUT2D eigenvalue weighted by molar-refractivity contribution is 0.378.